The van der Waals surface area contributed by atoms with Crippen LogP contribution in [0.15, 0.2) is 89.7 Å². The zero-order valence-corrected chi connectivity index (χ0v) is 17.3. The van der Waals surface area contributed by atoms with Crippen molar-refractivity contribution in [2.24, 2.45) is 0 Å². The minimum Gasteiger partial charge on any atom is -0.497 e. The van der Waals surface area contributed by atoms with Crippen LogP contribution in [-0.2, 0) is 0 Å². The first-order valence-electron chi connectivity index (χ1n) is 9.73. The number of aromatic nitrogens is 1. The standard InChI is InChI=1S/C26H23NO3/c1-18-25(28)17-24(19-7-5-4-6-8-19)27(21-11-15-23(30-3)16-12-21)26(18)20-9-13-22(29-2)14-10-20/h4-17H,1-3H3. The van der Waals surface area contributed by atoms with Gasteiger partial charge in [0.2, 0.25) is 0 Å². The third-order valence-corrected chi connectivity index (χ3v) is 5.22. The van der Waals surface area contributed by atoms with E-state index in [1.54, 1.807) is 20.3 Å². The maximum atomic E-state index is 13.0. The van der Waals surface area contributed by atoms with E-state index in [0.717, 1.165) is 39.7 Å². The summed E-state index contributed by atoms with van der Waals surface area (Å²) >= 11 is 0. The number of pyridine rings is 1. The van der Waals surface area contributed by atoms with Gasteiger partial charge in [-0.05, 0) is 66.6 Å². The fraction of sp³-hybridized carbons (Fsp3) is 0.115. The maximum absolute atomic E-state index is 13.0. The van der Waals surface area contributed by atoms with Crippen LogP contribution in [0.4, 0.5) is 0 Å². The van der Waals surface area contributed by atoms with Crippen molar-refractivity contribution in [1.82, 2.24) is 4.57 Å². The molecule has 1 aromatic heterocycles. The van der Waals surface area contributed by atoms with E-state index in [2.05, 4.69) is 4.57 Å². The van der Waals surface area contributed by atoms with Gasteiger partial charge >= 0.3 is 0 Å². The number of nitrogens with zero attached hydrogens (tertiary/aromatic N) is 1. The van der Waals surface area contributed by atoms with Gasteiger partial charge in [-0.3, -0.25) is 4.79 Å². The number of hydrogen-bond acceptors (Lipinski definition) is 3. The lowest BCUT2D eigenvalue weighted by atomic mass is 10.0. The molecule has 0 spiro atoms. The molecule has 0 aliphatic carbocycles. The number of hydrogen-bond donors (Lipinski definition) is 0. The van der Waals surface area contributed by atoms with Crippen LogP contribution in [0.3, 0.4) is 0 Å². The van der Waals surface area contributed by atoms with E-state index in [1.165, 1.54) is 0 Å². The highest BCUT2D eigenvalue weighted by Gasteiger charge is 2.17. The first-order valence-corrected chi connectivity index (χ1v) is 9.73. The van der Waals surface area contributed by atoms with E-state index in [1.807, 2.05) is 85.8 Å². The van der Waals surface area contributed by atoms with Crippen LogP contribution in [0.5, 0.6) is 11.5 Å². The second kappa shape index (κ2) is 8.29. The molecule has 4 rings (SSSR count). The third kappa shape index (κ3) is 3.60. The minimum absolute atomic E-state index is 0.00410. The number of benzene rings is 3. The number of ether oxygens (including phenoxy) is 2. The Kier molecular flexibility index (Phi) is 5.40. The van der Waals surface area contributed by atoms with Crippen LogP contribution in [0, 0.1) is 6.92 Å². The van der Waals surface area contributed by atoms with Gasteiger partial charge in [-0.25, -0.2) is 0 Å². The topological polar surface area (TPSA) is 40.5 Å². The molecule has 0 aliphatic heterocycles. The molecule has 4 heteroatoms. The van der Waals surface area contributed by atoms with E-state index >= 15 is 0 Å². The van der Waals surface area contributed by atoms with Gasteiger partial charge in [-0.15, -0.1) is 0 Å². The van der Waals surface area contributed by atoms with Gasteiger partial charge in [-0.2, -0.15) is 0 Å². The molecule has 0 radical (unpaired) electrons. The van der Waals surface area contributed by atoms with Crippen molar-refractivity contribution in [3.63, 3.8) is 0 Å². The van der Waals surface area contributed by atoms with Crippen molar-refractivity contribution in [2.75, 3.05) is 14.2 Å². The predicted molar refractivity (Wildman–Crippen MR) is 121 cm³/mol. The normalized spacial score (nSPS) is 10.6. The Bertz CT molecular complexity index is 1210. The summed E-state index contributed by atoms with van der Waals surface area (Å²) in [5, 5.41) is 0. The molecule has 0 saturated carbocycles. The Morgan fingerprint density at radius 2 is 1.27 bits per heavy atom. The van der Waals surface area contributed by atoms with Gasteiger partial charge in [0.1, 0.15) is 11.5 Å². The van der Waals surface area contributed by atoms with E-state index in [9.17, 15) is 4.79 Å². The van der Waals surface area contributed by atoms with Crippen molar-refractivity contribution in [1.29, 1.82) is 0 Å². The van der Waals surface area contributed by atoms with Crippen LogP contribution in [0.25, 0.3) is 28.2 Å². The van der Waals surface area contributed by atoms with Gasteiger partial charge in [0.15, 0.2) is 5.43 Å². The van der Waals surface area contributed by atoms with Crippen LogP contribution in [0.1, 0.15) is 5.56 Å². The van der Waals surface area contributed by atoms with Gasteiger partial charge in [0.05, 0.1) is 25.6 Å². The fourth-order valence-corrected chi connectivity index (χ4v) is 3.62. The van der Waals surface area contributed by atoms with Crippen molar-refractivity contribution in [3.05, 3.63) is 101 Å². The van der Waals surface area contributed by atoms with Gasteiger partial charge in [0, 0.05) is 17.3 Å². The molecule has 150 valence electrons. The molecule has 0 N–H and O–H groups in total. The quantitative estimate of drug-likeness (QED) is 0.447. The van der Waals surface area contributed by atoms with Crippen molar-refractivity contribution in [3.8, 4) is 39.7 Å². The Morgan fingerprint density at radius 1 is 0.700 bits per heavy atom. The summed E-state index contributed by atoms with van der Waals surface area (Å²) in [6.07, 6.45) is 0. The lowest BCUT2D eigenvalue weighted by molar-refractivity contribution is 0.414. The van der Waals surface area contributed by atoms with E-state index < -0.39 is 0 Å². The molecule has 0 fully saturated rings. The predicted octanol–water partition coefficient (Wildman–Crippen LogP) is 5.50. The second-order valence-electron chi connectivity index (χ2n) is 7.00. The maximum Gasteiger partial charge on any atom is 0.185 e. The first kappa shape index (κ1) is 19.5. The van der Waals surface area contributed by atoms with Crippen LogP contribution < -0.4 is 14.9 Å². The van der Waals surface area contributed by atoms with Gasteiger partial charge in [-0.1, -0.05) is 30.3 Å². The summed E-state index contributed by atoms with van der Waals surface area (Å²) in [5.74, 6) is 1.55. The molecule has 0 unspecified atom stereocenters. The van der Waals surface area contributed by atoms with Crippen LogP contribution in [-0.4, -0.2) is 18.8 Å². The van der Waals surface area contributed by atoms with Crippen molar-refractivity contribution in [2.45, 2.75) is 6.92 Å². The SMILES string of the molecule is COc1ccc(-c2c(C)c(=O)cc(-c3ccccc3)n2-c2ccc(OC)cc2)cc1. The number of methoxy groups -OCH3 is 2. The lowest BCUT2D eigenvalue weighted by Gasteiger charge is -2.22. The van der Waals surface area contributed by atoms with Crippen LogP contribution >= 0.6 is 0 Å². The molecule has 0 aliphatic rings. The molecule has 0 amide bonds. The summed E-state index contributed by atoms with van der Waals surface area (Å²) < 4.78 is 12.8. The summed E-state index contributed by atoms with van der Waals surface area (Å²) in [6.45, 7) is 1.87. The smallest absolute Gasteiger partial charge is 0.185 e. The first-order chi connectivity index (χ1) is 14.6. The van der Waals surface area contributed by atoms with Gasteiger partial charge < -0.3 is 14.0 Å². The van der Waals surface area contributed by atoms with E-state index in [0.29, 0.717) is 5.56 Å². The molecular formula is C26H23NO3. The molecule has 0 saturated heterocycles. The third-order valence-electron chi connectivity index (χ3n) is 5.22. The highest BCUT2D eigenvalue weighted by molar-refractivity contribution is 5.73. The Morgan fingerprint density at radius 3 is 1.83 bits per heavy atom. The highest BCUT2D eigenvalue weighted by atomic mass is 16.5. The van der Waals surface area contributed by atoms with Gasteiger partial charge in [0.25, 0.3) is 0 Å². The summed E-state index contributed by atoms with van der Waals surface area (Å²) in [5.41, 5.74) is 5.25. The molecule has 4 nitrogen and oxygen atoms in total. The molecule has 30 heavy (non-hydrogen) atoms. The second-order valence-corrected chi connectivity index (χ2v) is 7.00. The minimum atomic E-state index is 0.00410. The zero-order chi connectivity index (χ0) is 21.1. The van der Waals surface area contributed by atoms with Crippen LogP contribution in [0.2, 0.25) is 0 Å². The van der Waals surface area contributed by atoms with E-state index in [4.69, 9.17) is 9.47 Å². The molecule has 4 aromatic rings. The van der Waals surface area contributed by atoms with Crippen molar-refractivity contribution < 1.29 is 9.47 Å². The average Bonchev–Trinajstić information content (AvgIpc) is 2.81. The Labute approximate surface area is 176 Å². The molecule has 0 bridgehead atoms. The fourth-order valence-electron chi connectivity index (χ4n) is 3.62. The van der Waals surface area contributed by atoms with Crippen molar-refractivity contribution >= 4 is 0 Å². The summed E-state index contributed by atoms with van der Waals surface area (Å²) in [4.78, 5) is 13.0. The Hall–Kier alpha value is -3.79. The summed E-state index contributed by atoms with van der Waals surface area (Å²) in [7, 11) is 3.29. The largest absolute Gasteiger partial charge is 0.497 e. The highest BCUT2D eigenvalue weighted by Crippen LogP contribution is 2.32. The average molecular weight is 397 g/mol. The summed E-state index contributed by atoms with van der Waals surface area (Å²) in [6, 6.07) is 27.3. The Balaban J connectivity index is 2.06. The molecular weight excluding hydrogens is 374 g/mol. The molecule has 0 atom stereocenters. The molecule has 1 heterocycles. The lowest BCUT2D eigenvalue weighted by Crippen LogP contribution is -2.15. The van der Waals surface area contributed by atoms with E-state index in [-0.39, 0.29) is 5.43 Å². The number of rotatable bonds is 5. The molecule has 3 aromatic carbocycles. The monoisotopic (exact) mass is 397 g/mol. The zero-order valence-electron chi connectivity index (χ0n) is 17.3.